The standard InChI is InChI=1S/C25H33FN4O3S/c1-3-28-14-16-29(17-15-28)22-6-9-24(19(2)18-22)27-25(31)20-10-12-30(13-11-20)34(32,33)23-7-4-21(26)5-8-23/h4-9,18,20H,3,10-17H2,1-2H3,(H,27,31). The summed E-state index contributed by atoms with van der Waals surface area (Å²) >= 11 is 0. The molecule has 0 radical (unpaired) electrons. The van der Waals surface area contributed by atoms with E-state index >= 15 is 0 Å². The van der Waals surface area contributed by atoms with E-state index in [0.29, 0.717) is 12.8 Å². The quantitative estimate of drug-likeness (QED) is 0.676. The van der Waals surface area contributed by atoms with Crippen LogP contribution in [0.25, 0.3) is 0 Å². The molecule has 0 atom stereocenters. The van der Waals surface area contributed by atoms with Gasteiger partial charge in [0.15, 0.2) is 0 Å². The Morgan fingerprint density at radius 1 is 1.00 bits per heavy atom. The molecule has 7 nitrogen and oxygen atoms in total. The number of aryl methyl sites for hydroxylation is 1. The fourth-order valence-corrected chi connectivity index (χ4v) is 6.13. The number of rotatable bonds is 6. The van der Waals surface area contributed by atoms with E-state index in [9.17, 15) is 17.6 Å². The van der Waals surface area contributed by atoms with E-state index in [1.54, 1.807) is 0 Å². The maximum atomic E-state index is 13.2. The summed E-state index contributed by atoms with van der Waals surface area (Å²) in [5.41, 5.74) is 2.98. The molecule has 0 unspecified atom stereocenters. The lowest BCUT2D eigenvalue weighted by atomic mass is 9.97. The van der Waals surface area contributed by atoms with Gasteiger partial charge >= 0.3 is 0 Å². The SMILES string of the molecule is CCN1CCN(c2ccc(NC(=O)C3CCN(S(=O)(=O)c4ccc(F)cc4)CC3)c(C)c2)CC1. The second-order valence-electron chi connectivity index (χ2n) is 9.04. The van der Waals surface area contributed by atoms with Crippen molar-refractivity contribution in [2.75, 3.05) is 56.0 Å². The Kier molecular flexibility index (Phi) is 7.54. The first-order valence-electron chi connectivity index (χ1n) is 11.9. The lowest BCUT2D eigenvalue weighted by Gasteiger charge is -2.35. The summed E-state index contributed by atoms with van der Waals surface area (Å²) in [6.07, 6.45) is 0.899. The van der Waals surface area contributed by atoms with Gasteiger partial charge in [-0.1, -0.05) is 6.92 Å². The van der Waals surface area contributed by atoms with E-state index in [1.807, 2.05) is 13.0 Å². The maximum Gasteiger partial charge on any atom is 0.243 e. The molecule has 2 aromatic carbocycles. The van der Waals surface area contributed by atoms with Crippen molar-refractivity contribution in [3.8, 4) is 0 Å². The zero-order valence-electron chi connectivity index (χ0n) is 19.8. The Hall–Kier alpha value is -2.49. The molecule has 0 saturated carbocycles. The molecule has 4 rings (SSSR count). The Balaban J connectivity index is 1.33. The van der Waals surface area contributed by atoms with Gasteiger partial charge in [-0.05, 0) is 74.3 Å². The average molecular weight is 489 g/mol. The predicted molar refractivity (Wildman–Crippen MR) is 132 cm³/mol. The number of halogens is 1. The second-order valence-corrected chi connectivity index (χ2v) is 11.0. The topological polar surface area (TPSA) is 73.0 Å². The first kappa shape index (κ1) is 24.6. The fraction of sp³-hybridized carbons (Fsp3) is 0.480. The molecular formula is C25H33FN4O3S. The minimum Gasteiger partial charge on any atom is -0.369 e. The van der Waals surface area contributed by atoms with Crippen molar-refractivity contribution >= 4 is 27.3 Å². The third kappa shape index (κ3) is 5.42. The number of hydrogen-bond donors (Lipinski definition) is 1. The summed E-state index contributed by atoms with van der Waals surface area (Å²) in [6, 6.07) is 11.0. The summed E-state index contributed by atoms with van der Waals surface area (Å²) in [5.74, 6) is -0.802. The van der Waals surface area contributed by atoms with Crippen molar-refractivity contribution < 1.29 is 17.6 Å². The monoisotopic (exact) mass is 488 g/mol. The van der Waals surface area contributed by atoms with E-state index in [-0.39, 0.29) is 29.8 Å². The minimum absolute atomic E-state index is 0.0728. The molecule has 1 N–H and O–H groups in total. The molecule has 0 bridgehead atoms. The maximum absolute atomic E-state index is 13.2. The second kappa shape index (κ2) is 10.4. The zero-order chi connectivity index (χ0) is 24.3. The number of likely N-dealkylation sites (N-methyl/N-ethyl adjacent to an activating group) is 1. The molecule has 2 heterocycles. The van der Waals surface area contributed by atoms with Crippen molar-refractivity contribution in [2.45, 2.75) is 31.6 Å². The summed E-state index contributed by atoms with van der Waals surface area (Å²) in [5, 5.41) is 3.04. The van der Waals surface area contributed by atoms with Gasteiger partial charge in [-0.2, -0.15) is 4.31 Å². The van der Waals surface area contributed by atoms with Crippen LogP contribution in [0.1, 0.15) is 25.3 Å². The van der Waals surface area contributed by atoms with Gasteiger partial charge in [0, 0.05) is 56.6 Å². The Bertz CT molecular complexity index is 1110. The van der Waals surface area contributed by atoms with Gasteiger partial charge in [-0.15, -0.1) is 0 Å². The summed E-state index contributed by atoms with van der Waals surface area (Å²) in [7, 11) is -3.69. The zero-order valence-corrected chi connectivity index (χ0v) is 20.7. The van der Waals surface area contributed by atoms with Gasteiger partial charge in [0.1, 0.15) is 5.82 Å². The number of nitrogens with zero attached hydrogens (tertiary/aromatic N) is 3. The van der Waals surface area contributed by atoms with E-state index in [4.69, 9.17) is 0 Å². The lowest BCUT2D eigenvalue weighted by Crippen LogP contribution is -2.46. The number of amides is 1. The summed E-state index contributed by atoms with van der Waals surface area (Å²) < 4.78 is 40.1. The molecule has 1 amide bonds. The highest BCUT2D eigenvalue weighted by Gasteiger charge is 2.32. The number of piperazine rings is 1. The Morgan fingerprint density at radius 3 is 2.24 bits per heavy atom. The van der Waals surface area contributed by atoms with Crippen LogP contribution >= 0.6 is 0 Å². The Morgan fingerprint density at radius 2 is 1.65 bits per heavy atom. The molecule has 184 valence electrons. The average Bonchev–Trinajstić information content (AvgIpc) is 2.85. The smallest absolute Gasteiger partial charge is 0.243 e. The van der Waals surface area contributed by atoms with Crippen LogP contribution in [0.2, 0.25) is 0 Å². The van der Waals surface area contributed by atoms with Crippen molar-refractivity contribution in [3.63, 3.8) is 0 Å². The third-order valence-corrected chi connectivity index (χ3v) is 8.84. The van der Waals surface area contributed by atoms with Crippen molar-refractivity contribution in [1.82, 2.24) is 9.21 Å². The van der Waals surface area contributed by atoms with Gasteiger partial charge < -0.3 is 15.1 Å². The van der Waals surface area contributed by atoms with E-state index in [2.05, 4.69) is 34.2 Å². The molecule has 2 aliphatic rings. The first-order chi connectivity index (χ1) is 16.3. The molecule has 2 aromatic rings. The molecule has 2 saturated heterocycles. The van der Waals surface area contributed by atoms with Crippen LogP contribution < -0.4 is 10.2 Å². The van der Waals surface area contributed by atoms with Crippen molar-refractivity contribution in [3.05, 3.63) is 53.8 Å². The van der Waals surface area contributed by atoms with Crippen LogP contribution in [-0.2, 0) is 14.8 Å². The largest absolute Gasteiger partial charge is 0.369 e. The number of sulfonamides is 1. The number of nitrogens with one attached hydrogen (secondary N) is 1. The molecule has 2 aliphatic heterocycles. The number of benzene rings is 2. The van der Waals surface area contributed by atoms with Gasteiger partial charge in [0.2, 0.25) is 15.9 Å². The first-order valence-corrected chi connectivity index (χ1v) is 13.4. The predicted octanol–water partition coefficient (Wildman–Crippen LogP) is 3.32. The molecule has 9 heteroatoms. The number of piperidine rings is 1. The van der Waals surface area contributed by atoms with E-state index in [0.717, 1.165) is 56.1 Å². The van der Waals surface area contributed by atoms with E-state index in [1.165, 1.54) is 22.1 Å². The van der Waals surface area contributed by atoms with Gasteiger partial charge in [-0.25, -0.2) is 12.8 Å². The number of carbonyl (C=O) groups is 1. The number of anilines is 2. The van der Waals surface area contributed by atoms with Crippen LogP contribution in [0.15, 0.2) is 47.4 Å². The van der Waals surface area contributed by atoms with Crippen LogP contribution in [0, 0.1) is 18.7 Å². The molecule has 0 aliphatic carbocycles. The number of hydrogen-bond acceptors (Lipinski definition) is 5. The highest BCUT2D eigenvalue weighted by Crippen LogP contribution is 2.27. The van der Waals surface area contributed by atoms with Crippen LogP contribution in [0.3, 0.4) is 0 Å². The normalized spacial score (nSPS) is 18.7. The van der Waals surface area contributed by atoms with Crippen molar-refractivity contribution in [2.24, 2.45) is 5.92 Å². The molecule has 2 fully saturated rings. The van der Waals surface area contributed by atoms with Gasteiger partial charge in [0.05, 0.1) is 4.90 Å². The van der Waals surface area contributed by atoms with Gasteiger partial charge in [-0.3, -0.25) is 4.79 Å². The highest BCUT2D eigenvalue weighted by atomic mass is 32.2. The van der Waals surface area contributed by atoms with Crippen LogP contribution in [0.4, 0.5) is 15.8 Å². The fourth-order valence-electron chi connectivity index (χ4n) is 4.66. The molecule has 0 aromatic heterocycles. The molecule has 0 spiro atoms. The summed E-state index contributed by atoms with van der Waals surface area (Å²) in [4.78, 5) is 17.8. The Labute approximate surface area is 201 Å². The van der Waals surface area contributed by atoms with Crippen LogP contribution in [0.5, 0.6) is 0 Å². The van der Waals surface area contributed by atoms with Gasteiger partial charge in [0.25, 0.3) is 0 Å². The third-order valence-electron chi connectivity index (χ3n) is 6.93. The van der Waals surface area contributed by atoms with Crippen LogP contribution in [-0.4, -0.2) is 69.3 Å². The van der Waals surface area contributed by atoms with Crippen molar-refractivity contribution in [1.29, 1.82) is 0 Å². The minimum atomic E-state index is -3.69. The lowest BCUT2D eigenvalue weighted by molar-refractivity contribution is -0.120. The summed E-state index contributed by atoms with van der Waals surface area (Å²) in [6.45, 7) is 9.91. The highest BCUT2D eigenvalue weighted by molar-refractivity contribution is 7.89. The van der Waals surface area contributed by atoms with E-state index < -0.39 is 15.8 Å². The molecular weight excluding hydrogens is 455 g/mol. The number of carbonyl (C=O) groups excluding carboxylic acids is 1. The molecule has 34 heavy (non-hydrogen) atoms.